The largest absolute Gasteiger partial charge is 0.530 e. The van der Waals surface area contributed by atoms with Gasteiger partial charge in [-0.1, -0.05) is 17.7 Å². The molecule has 1 fully saturated rings. The summed E-state index contributed by atoms with van der Waals surface area (Å²) in [7, 11) is -3.95. The molecule has 1 aliphatic heterocycles. The van der Waals surface area contributed by atoms with E-state index in [4.69, 9.17) is 25.2 Å². The summed E-state index contributed by atoms with van der Waals surface area (Å²) in [6.45, 7) is 0.0825. The van der Waals surface area contributed by atoms with Crippen molar-refractivity contribution in [3.05, 3.63) is 69.0 Å². The SMILES string of the molecule is O=[N+]([O-])c1ccc(O[P@]2(=O)OCC[C@@H](c3ccc(Cl)c(F)c3)O2)cc1. The maximum absolute atomic E-state index is 13.6. The van der Waals surface area contributed by atoms with Gasteiger partial charge < -0.3 is 4.52 Å². The topological polar surface area (TPSA) is 87.9 Å². The van der Waals surface area contributed by atoms with Gasteiger partial charge in [-0.25, -0.2) is 8.96 Å². The summed E-state index contributed by atoms with van der Waals surface area (Å²) >= 11 is 5.65. The first-order valence-electron chi connectivity index (χ1n) is 7.18. The average Bonchev–Trinajstić information content (AvgIpc) is 2.57. The first-order valence-corrected chi connectivity index (χ1v) is 9.02. The molecule has 25 heavy (non-hydrogen) atoms. The third kappa shape index (κ3) is 4.16. The molecule has 2 atom stereocenters. The monoisotopic (exact) mass is 387 g/mol. The third-order valence-corrected chi connectivity index (χ3v) is 5.22. The summed E-state index contributed by atoms with van der Waals surface area (Å²) in [6, 6.07) is 9.14. The van der Waals surface area contributed by atoms with Crippen molar-refractivity contribution in [2.45, 2.75) is 12.5 Å². The Morgan fingerprint density at radius 3 is 2.64 bits per heavy atom. The number of hydrogen-bond acceptors (Lipinski definition) is 6. The third-order valence-electron chi connectivity index (χ3n) is 3.47. The van der Waals surface area contributed by atoms with Gasteiger partial charge in [-0.05, 0) is 29.8 Å². The summed E-state index contributed by atoms with van der Waals surface area (Å²) in [6.07, 6.45) is -0.335. The fourth-order valence-electron chi connectivity index (χ4n) is 2.26. The molecule has 2 aromatic rings. The number of phosphoric ester groups is 1. The average molecular weight is 388 g/mol. The molecule has 1 saturated heterocycles. The van der Waals surface area contributed by atoms with Crippen molar-refractivity contribution in [3.63, 3.8) is 0 Å². The number of non-ortho nitro benzene ring substituents is 1. The van der Waals surface area contributed by atoms with Crippen LogP contribution in [0.4, 0.5) is 10.1 Å². The zero-order chi connectivity index (χ0) is 18.0. The summed E-state index contributed by atoms with van der Waals surface area (Å²) in [5.74, 6) is -0.516. The van der Waals surface area contributed by atoms with Crippen molar-refractivity contribution >= 4 is 25.1 Å². The van der Waals surface area contributed by atoms with Crippen molar-refractivity contribution in [2.75, 3.05) is 6.61 Å². The molecule has 0 bridgehead atoms. The predicted octanol–water partition coefficient (Wildman–Crippen LogP) is 5.05. The van der Waals surface area contributed by atoms with Gasteiger partial charge in [0.25, 0.3) is 5.69 Å². The van der Waals surface area contributed by atoms with Gasteiger partial charge in [0.15, 0.2) is 0 Å². The standard InChI is InChI=1S/C15H12ClFNO6P/c16-13-6-1-10(9-14(13)17)15-7-8-22-25(21,24-15)23-12-4-2-11(3-5-12)18(19)20/h1-6,9,15H,7-8H2/t15-,25-/m0/s1. The van der Waals surface area contributed by atoms with Crippen LogP contribution in [0.2, 0.25) is 5.02 Å². The molecule has 0 aliphatic carbocycles. The Labute approximate surface area is 147 Å². The Hall–Kier alpha value is -1.99. The van der Waals surface area contributed by atoms with E-state index in [2.05, 4.69) is 0 Å². The number of nitrogens with zero attached hydrogens (tertiary/aromatic N) is 1. The lowest BCUT2D eigenvalue weighted by atomic mass is 10.1. The van der Waals surface area contributed by atoms with Crippen LogP contribution in [-0.4, -0.2) is 11.5 Å². The van der Waals surface area contributed by atoms with Crippen molar-refractivity contribution in [2.24, 2.45) is 0 Å². The zero-order valence-corrected chi connectivity index (χ0v) is 14.3. The van der Waals surface area contributed by atoms with Crippen LogP contribution in [0, 0.1) is 15.9 Å². The van der Waals surface area contributed by atoms with Crippen LogP contribution in [0.1, 0.15) is 18.1 Å². The van der Waals surface area contributed by atoms with Crippen LogP contribution in [0.5, 0.6) is 5.75 Å². The second-order valence-corrected chi connectivity index (χ2v) is 7.13. The number of phosphoric acid groups is 1. The van der Waals surface area contributed by atoms with Crippen LogP contribution in [0.15, 0.2) is 42.5 Å². The first-order chi connectivity index (χ1) is 11.9. The van der Waals surface area contributed by atoms with Crippen LogP contribution in [-0.2, 0) is 13.6 Å². The van der Waals surface area contributed by atoms with E-state index in [0.29, 0.717) is 12.0 Å². The molecular formula is C15H12ClFNO6P. The van der Waals surface area contributed by atoms with Crippen LogP contribution in [0.25, 0.3) is 0 Å². The molecule has 0 saturated carbocycles. The van der Waals surface area contributed by atoms with E-state index in [1.54, 1.807) is 6.07 Å². The summed E-state index contributed by atoms with van der Waals surface area (Å²) in [5, 5.41) is 10.6. The minimum atomic E-state index is -3.95. The Kier molecular flexibility index (Phi) is 5.06. The second-order valence-electron chi connectivity index (χ2n) is 5.18. The van der Waals surface area contributed by atoms with E-state index in [1.165, 1.54) is 36.4 Å². The highest BCUT2D eigenvalue weighted by Gasteiger charge is 2.37. The van der Waals surface area contributed by atoms with Gasteiger partial charge in [-0.2, -0.15) is 0 Å². The molecule has 132 valence electrons. The van der Waals surface area contributed by atoms with E-state index >= 15 is 0 Å². The van der Waals surface area contributed by atoms with Gasteiger partial charge >= 0.3 is 7.82 Å². The molecule has 0 spiro atoms. The van der Waals surface area contributed by atoms with Gasteiger partial charge in [0.1, 0.15) is 11.6 Å². The summed E-state index contributed by atoms with van der Waals surface area (Å²) in [4.78, 5) is 10.1. The van der Waals surface area contributed by atoms with Crippen molar-refractivity contribution in [1.29, 1.82) is 0 Å². The lowest BCUT2D eigenvalue weighted by molar-refractivity contribution is -0.384. The lowest BCUT2D eigenvalue weighted by Crippen LogP contribution is -2.16. The van der Waals surface area contributed by atoms with E-state index in [-0.39, 0.29) is 23.1 Å². The van der Waals surface area contributed by atoms with E-state index in [9.17, 15) is 19.1 Å². The highest BCUT2D eigenvalue weighted by Crippen LogP contribution is 2.56. The molecule has 0 amide bonds. The number of hydrogen-bond donors (Lipinski definition) is 0. The normalized spacial score (nSPS) is 23.2. The number of nitro groups is 1. The summed E-state index contributed by atoms with van der Waals surface area (Å²) in [5.41, 5.74) is 0.323. The Morgan fingerprint density at radius 1 is 1.28 bits per heavy atom. The Balaban J connectivity index is 1.75. The molecule has 2 aromatic carbocycles. The molecule has 10 heteroatoms. The second kappa shape index (κ2) is 7.09. The Morgan fingerprint density at radius 2 is 2.00 bits per heavy atom. The van der Waals surface area contributed by atoms with Crippen LogP contribution in [0.3, 0.4) is 0 Å². The molecule has 1 aliphatic rings. The van der Waals surface area contributed by atoms with Crippen LogP contribution >= 0.6 is 19.4 Å². The number of halogens is 2. The molecule has 7 nitrogen and oxygen atoms in total. The first kappa shape index (κ1) is 17.8. The maximum Gasteiger partial charge on any atom is 0.530 e. The fraction of sp³-hybridized carbons (Fsp3) is 0.200. The minimum Gasteiger partial charge on any atom is -0.404 e. The van der Waals surface area contributed by atoms with Crippen molar-refractivity contribution < 1.29 is 27.5 Å². The number of rotatable bonds is 4. The minimum absolute atomic E-state index is 0.0267. The van der Waals surface area contributed by atoms with Crippen molar-refractivity contribution in [1.82, 2.24) is 0 Å². The van der Waals surface area contributed by atoms with Gasteiger partial charge in [-0.3, -0.25) is 19.2 Å². The molecule has 0 N–H and O–H groups in total. The molecule has 0 unspecified atom stereocenters. The maximum atomic E-state index is 13.6. The predicted molar refractivity (Wildman–Crippen MR) is 87.1 cm³/mol. The quantitative estimate of drug-likeness (QED) is 0.414. The van der Waals surface area contributed by atoms with Crippen LogP contribution < -0.4 is 4.52 Å². The molecule has 3 rings (SSSR count). The lowest BCUT2D eigenvalue weighted by Gasteiger charge is -2.29. The molecule has 0 radical (unpaired) electrons. The van der Waals surface area contributed by atoms with Crippen molar-refractivity contribution in [3.8, 4) is 5.75 Å². The highest BCUT2D eigenvalue weighted by molar-refractivity contribution is 7.49. The fourth-order valence-corrected chi connectivity index (χ4v) is 3.78. The van der Waals surface area contributed by atoms with E-state index < -0.39 is 24.7 Å². The number of nitro benzene ring substituents is 1. The molecule has 0 aromatic heterocycles. The Bertz CT molecular complexity index is 846. The zero-order valence-electron chi connectivity index (χ0n) is 12.6. The van der Waals surface area contributed by atoms with Gasteiger partial charge in [0, 0.05) is 18.6 Å². The van der Waals surface area contributed by atoms with E-state index in [1.807, 2.05) is 0 Å². The highest BCUT2D eigenvalue weighted by atomic mass is 35.5. The van der Waals surface area contributed by atoms with Gasteiger partial charge in [0.2, 0.25) is 0 Å². The number of benzene rings is 2. The molecule has 1 heterocycles. The van der Waals surface area contributed by atoms with Gasteiger partial charge in [0.05, 0.1) is 22.7 Å². The molecular weight excluding hydrogens is 376 g/mol. The van der Waals surface area contributed by atoms with Gasteiger partial charge in [-0.15, -0.1) is 0 Å². The summed E-state index contributed by atoms with van der Waals surface area (Å²) < 4.78 is 42.0. The smallest absolute Gasteiger partial charge is 0.404 e. The van der Waals surface area contributed by atoms with E-state index in [0.717, 1.165) is 0 Å².